The third-order valence-corrected chi connectivity index (χ3v) is 4.81. The van der Waals surface area contributed by atoms with Crippen LogP contribution in [0.25, 0.3) is 16.5 Å². The monoisotopic (exact) mass is 302 g/mol. The average Bonchev–Trinajstić information content (AvgIpc) is 3.04. The van der Waals surface area contributed by atoms with Gasteiger partial charge in [0.25, 0.3) is 0 Å². The summed E-state index contributed by atoms with van der Waals surface area (Å²) in [5.41, 5.74) is 5.54. The largest absolute Gasteiger partial charge is 0.361 e. The molecule has 1 aliphatic rings. The predicted molar refractivity (Wildman–Crippen MR) is 97.5 cm³/mol. The van der Waals surface area contributed by atoms with Crippen LogP contribution in [0.5, 0.6) is 0 Å². The number of fused-ring (bicyclic) bond motifs is 1. The summed E-state index contributed by atoms with van der Waals surface area (Å²) in [5, 5.41) is 1.37. The summed E-state index contributed by atoms with van der Waals surface area (Å²) in [7, 11) is 0. The van der Waals surface area contributed by atoms with Crippen molar-refractivity contribution in [2.24, 2.45) is 0 Å². The lowest BCUT2D eigenvalue weighted by Gasteiger charge is -2.26. The Bertz CT molecular complexity index is 814. The van der Waals surface area contributed by atoms with Gasteiger partial charge < -0.3 is 4.98 Å². The molecule has 4 rings (SSSR count). The molecule has 1 aromatic heterocycles. The van der Waals surface area contributed by atoms with E-state index < -0.39 is 0 Å². The SMILES string of the molecule is C1=C(c2ccccc2)CCN(CCc2c[nH]c3ccccc23)C1. The second-order valence-electron chi connectivity index (χ2n) is 6.26. The van der Waals surface area contributed by atoms with Crippen LogP contribution in [0, 0.1) is 0 Å². The van der Waals surface area contributed by atoms with Crippen LogP contribution in [-0.4, -0.2) is 29.5 Å². The molecule has 0 spiro atoms. The molecule has 0 aliphatic carbocycles. The number of aromatic nitrogens is 1. The third kappa shape index (κ3) is 3.08. The van der Waals surface area contributed by atoms with Crippen molar-refractivity contribution < 1.29 is 0 Å². The molecule has 0 amide bonds. The van der Waals surface area contributed by atoms with Crippen molar-refractivity contribution >= 4 is 16.5 Å². The number of nitrogens with zero attached hydrogens (tertiary/aromatic N) is 1. The molecule has 0 saturated heterocycles. The molecule has 0 fully saturated rings. The highest BCUT2D eigenvalue weighted by Gasteiger charge is 2.13. The zero-order chi connectivity index (χ0) is 15.5. The lowest BCUT2D eigenvalue weighted by atomic mass is 9.99. The number of hydrogen-bond donors (Lipinski definition) is 1. The molecule has 0 saturated carbocycles. The zero-order valence-corrected chi connectivity index (χ0v) is 13.3. The van der Waals surface area contributed by atoms with Crippen LogP contribution in [0.2, 0.25) is 0 Å². The van der Waals surface area contributed by atoms with Gasteiger partial charge in [0.05, 0.1) is 0 Å². The minimum Gasteiger partial charge on any atom is -0.361 e. The van der Waals surface area contributed by atoms with Gasteiger partial charge in [0.1, 0.15) is 0 Å². The summed E-state index contributed by atoms with van der Waals surface area (Å²) < 4.78 is 0. The van der Waals surface area contributed by atoms with E-state index in [9.17, 15) is 0 Å². The number of H-pyrrole nitrogens is 1. The maximum absolute atomic E-state index is 3.37. The van der Waals surface area contributed by atoms with Gasteiger partial charge in [0.15, 0.2) is 0 Å². The van der Waals surface area contributed by atoms with Crippen molar-refractivity contribution in [1.82, 2.24) is 9.88 Å². The minimum atomic E-state index is 1.06. The molecule has 116 valence electrons. The molecular formula is C21H22N2. The Morgan fingerprint density at radius 2 is 1.78 bits per heavy atom. The number of rotatable bonds is 4. The van der Waals surface area contributed by atoms with E-state index in [4.69, 9.17) is 0 Å². The first-order chi connectivity index (χ1) is 11.4. The molecule has 2 nitrogen and oxygen atoms in total. The van der Waals surface area contributed by atoms with E-state index in [-0.39, 0.29) is 0 Å². The smallest absolute Gasteiger partial charge is 0.0456 e. The summed E-state index contributed by atoms with van der Waals surface area (Å²) >= 11 is 0. The summed E-state index contributed by atoms with van der Waals surface area (Å²) in [6, 6.07) is 19.3. The first kappa shape index (κ1) is 14.3. The summed E-state index contributed by atoms with van der Waals surface area (Å²) in [5.74, 6) is 0. The van der Waals surface area contributed by atoms with Crippen LogP contribution in [0.4, 0.5) is 0 Å². The van der Waals surface area contributed by atoms with Crippen molar-refractivity contribution in [3.05, 3.63) is 78.0 Å². The Morgan fingerprint density at radius 3 is 2.61 bits per heavy atom. The molecule has 0 bridgehead atoms. The predicted octanol–water partition coefficient (Wildman–Crippen LogP) is 4.50. The maximum atomic E-state index is 3.37. The summed E-state index contributed by atoms with van der Waals surface area (Å²) in [4.78, 5) is 5.92. The highest BCUT2D eigenvalue weighted by atomic mass is 15.1. The average molecular weight is 302 g/mol. The van der Waals surface area contributed by atoms with Crippen molar-refractivity contribution in [3.63, 3.8) is 0 Å². The Labute approximate surface area is 137 Å². The normalized spacial score (nSPS) is 15.7. The molecule has 0 radical (unpaired) electrons. The second-order valence-corrected chi connectivity index (χ2v) is 6.26. The van der Waals surface area contributed by atoms with E-state index in [0.717, 1.165) is 32.5 Å². The van der Waals surface area contributed by atoms with Crippen LogP contribution in [0.1, 0.15) is 17.5 Å². The fraction of sp³-hybridized carbons (Fsp3) is 0.238. The van der Waals surface area contributed by atoms with Gasteiger partial charge in [-0.3, -0.25) is 4.90 Å². The molecule has 23 heavy (non-hydrogen) atoms. The van der Waals surface area contributed by atoms with Gasteiger partial charge in [-0.05, 0) is 35.6 Å². The quantitative estimate of drug-likeness (QED) is 0.752. The lowest BCUT2D eigenvalue weighted by molar-refractivity contribution is 0.306. The minimum absolute atomic E-state index is 1.06. The number of benzene rings is 2. The van der Waals surface area contributed by atoms with Gasteiger partial charge in [-0.2, -0.15) is 0 Å². The molecular weight excluding hydrogens is 280 g/mol. The van der Waals surface area contributed by atoms with Gasteiger partial charge in [-0.25, -0.2) is 0 Å². The molecule has 3 aromatic rings. The van der Waals surface area contributed by atoms with Crippen molar-refractivity contribution in [2.75, 3.05) is 19.6 Å². The van der Waals surface area contributed by atoms with E-state index in [0.29, 0.717) is 0 Å². The standard InChI is InChI=1S/C21H22N2/c1-2-6-17(7-3-1)18-10-13-23(14-11-18)15-12-19-16-22-21-9-5-4-8-20(19)21/h1-10,16,22H,11-15H2. The van der Waals surface area contributed by atoms with Gasteiger partial charge in [0, 0.05) is 36.7 Å². The number of hydrogen-bond acceptors (Lipinski definition) is 1. The van der Waals surface area contributed by atoms with Crippen molar-refractivity contribution in [1.29, 1.82) is 0 Å². The highest BCUT2D eigenvalue weighted by molar-refractivity contribution is 5.83. The highest BCUT2D eigenvalue weighted by Crippen LogP contribution is 2.23. The Morgan fingerprint density at radius 1 is 0.957 bits per heavy atom. The Balaban J connectivity index is 1.39. The van der Waals surface area contributed by atoms with Gasteiger partial charge in [-0.1, -0.05) is 54.6 Å². The van der Waals surface area contributed by atoms with Crippen LogP contribution in [0.15, 0.2) is 66.9 Å². The molecule has 2 heteroatoms. The molecule has 0 unspecified atom stereocenters. The van der Waals surface area contributed by atoms with Gasteiger partial charge >= 0.3 is 0 Å². The molecule has 0 atom stereocenters. The van der Waals surface area contributed by atoms with Crippen LogP contribution in [0.3, 0.4) is 0 Å². The van der Waals surface area contributed by atoms with Crippen molar-refractivity contribution in [2.45, 2.75) is 12.8 Å². The van der Waals surface area contributed by atoms with Crippen molar-refractivity contribution in [3.8, 4) is 0 Å². The van der Waals surface area contributed by atoms with E-state index >= 15 is 0 Å². The van der Waals surface area contributed by atoms with E-state index in [2.05, 4.69) is 76.8 Å². The summed E-state index contributed by atoms with van der Waals surface area (Å²) in [6.45, 7) is 3.34. The molecule has 1 aliphatic heterocycles. The van der Waals surface area contributed by atoms with Gasteiger partial charge in [-0.15, -0.1) is 0 Å². The summed E-state index contributed by atoms with van der Waals surface area (Å²) in [6.07, 6.45) is 6.82. The molecule has 2 aromatic carbocycles. The van der Waals surface area contributed by atoms with Crippen LogP contribution in [-0.2, 0) is 6.42 Å². The van der Waals surface area contributed by atoms with E-state index in [1.807, 2.05) is 0 Å². The first-order valence-electron chi connectivity index (χ1n) is 8.42. The number of para-hydroxylation sites is 1. The lowest BCUT2D eigenvalue weighted by Crippen LogP contribution is -2.30. The third-order valence-electron chi connectivity index (χ3n) is 4.81. The maximum Gasteiger partial charge on any atom is 0.0456 e. The number of aromatic amines is 1. The van der Waals surface area contributed by atoms with E-state index in [1.165, 1.54) is 27.6 Å². The topological polar surface area (TPSA) is 19.0 Å². The van der Waals surface area contributed by atoms with Gasteiger partial charge in [0.2, 0.25) is 0 Å². The fourth-order valence-corrected chi connectivity index (χ4v) is 3.45. The zero-order valence-electron chi connectivity index (χ0n) is 13.3. The fourth-order valence-electron chi connectivity index (χ4n) is 3.45. The van der Waals surface area contributed by atoms with Crippen LogP contribution < -0.4 is 0 Å². The number of nitrogens with one attached hydrogen (secondary N) is 1. The molecule has 2 heterocycles. The van der Waals surface area contributed by atoms with E-state index in [1.54, 1.807) is 0 Å². The Kier molecular flexibility index (Phi) is 3.99. The first-order valence-corrected chi connectivity index (χ1v) is 8.42. The molecule has 1 N–H and O–H groups in total. The van der Waals surface area contributed by atoms with Crippen LogP contribution >= 0.6 is 0 Å². The Hall–Kier alpha value is -2.32. The second kappa shape index (κ2) is 6.43.